The molecule has 1 aromatic heterocycles. The lowest BCUT2D eigenvalue weighted by Crippen LogP contribution is -2.38. The molecule has 6 nitrogen and oxygen atoms in total. The first-order chi connectivity index (χ1) is 19.3. The van der Waals surface area contributed by atoms with Crippen molar-refractivity contribution >= 4 is 22.9 Å². The summed E-state index contributed by atoms with van der Waals surface area (Å²) in [4.78, 5) is 22.1. The first-order valence-electron chi connectivity index (χ1n) is 13.6. The average Bonchev–Trinajstić information content (AvgIpc) is 3.53. The number of aromatic nitrogens is 1. The van der Waals surface area contributed by atoms with Gasteiger partial charge in [0.1, 0.15) is 18.1 Å². The number of hydrogen-bond acceptors (Lipinski definition) is 5. The molecule has 2 saturated heterocycles. The van der Waals surface area contributed by atoms with Crippen LogP contribution in [0.4, 0.5) is 17.6 Å². The van der Waals surface area contributed by atoms with E-state index < -0.39 is 11.7 Å². The van der Waals surface area contributed by atoms with Gasteiger partial charge in [0.25, 0.3) is 0 Å². The molecule has 3 atom stereocenters. The number of rotatable bonds is 5. The topological polar surface area (TPSA) is 53.4 Å². The van der Waals surface area contributed by atoms with Crippen LogP contribution in [0.2, 0.25) is 0 Å². The minimum atomic E-state index is -4.39. The van der Waals surface area contributed by atoms with Gasteiger partial charge in [0, 0.05) is 47.3 Å². The number of likely N-dealkylation sites (tertiary alicyclic amines) is 1. The fourth-order valence-electron chi connectivity index (χ4n) is 6.33. The standard InChI is InChI=1S/C30H28F4N4O2/c31-22-5-2-18(3-6-22)27(39)19-9-12-36(13-10-19)14-11-35-26-8-7-23-17-37-24-16-21(30(32,33)34)4-1-20(24)15-25(37)28-29(40-28)38(23)26/h1-7,11,15-16,19,26,28-29H,8-10,12-14,17H2. The fourth-order valence-corrected chi connectivity index (χ4v) is 6.33. The Balaban J connectivity index is 0.984. The number of hydrogen-bond donors (Lipinski definition) is 0. The molecule has 208 valence electrons. The molecule has 0 N–H and O–H groups in total. The molecule has 2 fully saturated rings. The Morgan fingerprint density at radius 1 is 1.07 bits per heavy atom. The van der Waals surface area contributed by atoms with E-state index in [1.165, 1.54) is 24.3 Å². The van der Waals surface area contributed by atoms with Crippen LogP contribution in [0.3, 0.4) is 0 Å². The number of allylic oxidation sites excluding steroid dienone is 1. The zero-order valence-electron chi connectivity index (χ0n) is 21.6. The van der Waals surface area contributed by atoms with Crippen molar-refractivity contribution in [2.75, 3.05) is 19.6 Å². The van der Waals surface area contributed by atoms with E-state index in [0.717, 1.165) is 55.2 Å². The first kappa shape index (κ1) is 25.5. The minimum absolute atomic E-state index is 0.0533. The van der Waals surface area contributed by atoms with Crippen molar-refractivity contribution < 1.29 is 27.1 Å². The van der Waals surface area contributed by atoms with Crippen molar-refractivity contribution in [1.82, 2.24) is 14.4 Å². The predicted molar refractivity (Wildman–Crippen MR) is 141 cm³/mol. The number of piperidine rings is 1. The highest BCUT2D eigenvalue weighted by Gasteiger charge is 2.52. The number of epoxide rings is 1. The van der Waals surface area contributed by atoms with Crippen molar-refractivity contribution in [3.05, 3.63) is 82.9 Å². The lowest BCUT2D eigenvalue weighted by molar-refractivity contribution is -0.137. The molecular formula is C30H28F4N4O2. The largest absolute Gasteiger partial charge is 0.416 e. The van der Waals surface area contributed by atoms with E-state index >= 15 is 0 Å². The zero-order chi connectivity index (χ0) is 27.6. The van der Waals surface area contributed by atoms with Crippen LogP contribution in [0.1, 0.15) is 47.0 Å². The molecule has 4 aliphatic heterocycles. The first-order valence-corrected chi connectivity index (χ1v) is 13.6. The molecule has 0 amide bonds. The third kappa shape index (κ3) is 4.53. The number of Topliss-reactive ketones (excluding diaryl/α,β-unsaturated/α-hetero) is 1. The Morgan fingerprint density at radius 3 is 2.60 bits per heavy atom. The lowest BCUT2D eigenvalue weighted by atomic mass is 9.89. The van der Waals surface area contributed by atoms with Crippen molar-refractivity contribution in [3.8, 4) is 0 Å². The number of fused-ring (bicyclic) bond motifs is 7. The van der Waals surface area contributed by atoms with Crippen molar-refractivity contribution in [3.63, 3.8) is 0 Å². The summed E-state index contributed by atoms with van der Waals surface area (Å²) in [7, 11) is 0. The maximum absolute atomic E-state index is 13.4. The molecule has 0 aliphatic carbocycles. The van der Waals surface area contributed by atoms with Gasteiger partial charge in [-0.15, -0.1) is 0 Å². The summed E-state index contributed by atoms with van der Waals surface area (Å²) in [6.45, 7) is 2.74. The van der Waals surface area contributed by atoms with E-state index in [1.54, 1.807) is 12.1 Å². The number of aliphatic imine (C=N–C) groups is 1. The van der Waals surface area contributed by atoms with Gasteiger partial charge in [0.2, 0.25) is 0 Å². The van der Waals surface area contributed by atoms with E-state index in [1.807, 2.05) is 16.8 Å². The van der Waals surface area contributed by atoms with Crippen molar-refractivity contribution in [1.29, 1.82) is 0 Å². The number of halogens is 4. The molecule has 40 heavy (non-hydrogen) atoms. The zero-order valence-corrected chi connectivity index (χ0v) is 21.6. The average molecular weight is 553 g/mol. The summed E-state index contributed by atoms with van der Waals surface area (Å²) in [6, 6.07) is 11.6. The van der Waals surface area contributed by atoms with Gasteiger partial charge in [0.05, 0.1) is 17.8 Å². The van der Waals surface area contributed by atoms with E-state index in [4.69, 9.17) is 9.73 Å². The maximum Gasteiger partial charge on any atom is 0.416 e. The molecule has 4 aliphatic rings. The number of benzene rings is 2. The Kier molecular flexibility index (Phi) is 6.08. The van der Waals surface area contributed by atoms with E-state index in [-0.39, 0.29) is 36.0 Å². The monoisotopic (exact) mass is 552 g/mol. The van der Waals surface area contributed by atoms with Crippen molar-refractivity contribution in [2.45, 2.75) is 50.5 Å². The number of nitrogens with zero attached hydrogens (tertiary/aromatic N) is 4. The van der Waals surface area contributed by atoms with Crippen LogP contribution in [0.5, 0.6) is 0 Å². The van der Waals surface area contributed by atoms with E-state index in [9.17, 15) is 22.4 Å². The van der Waals surface area contributed by atoms with Gasteiger partial charge in [-0.05, 0) is 68.4 Å². The van der Waals surface area contributed by atoms with Crippen LogP contribution in [0.15, 0.2) is 65.3 Å². The lowest BCUT2D eigenvalue weighted by Gasteiger charge is -2.30. The van der Waals surface area contributed by atoms with Gasteiger partial charge >= 0.3 is 6.18 Å². The van der Waals surface area contributed by atoms with Gasteiger partial charge < -0.3 is 14.2 Å². The number of ether oxygens (including phenoxy) is 1. The summed E-state index contributed by atoms with van der Waals surface area (Å²) < 4.78 is 61.3. The molecule has 7 rings (SSSR count). The summed E-state index contributed by atoms with van der Waals surface area (Å²) in [5.41, 5.74) is 2.39. The van der Waals surface area contributed by atoms with Crippen LogP contribution in [-0.2, 0) is 17.5 Å². The summed E-state index contributed by atoms with van der Waals surface area (Å²) >= 11 is 0. The Hall–Kier alpha value is -3.50. The van der Waals surface area contributed by atoms with Crippen LogP contribution < -0.4 is 0 Å². The molecule has 2 aromatic carbocycles. The van der Waals surface area contributed by atoms with Crippen LogP contribution in [-0.4, -0.2) is 58.4 Å². The molecule has 0 saturated carbocycles. The second kappa shape index (κ2) is 9.55. The maximum atomic E-state index is 13.4. The fraction of sp³-hybridized carbons (Fsp3) is 0.400. The minimum Gasteiger partial charge on any atom is -0.341 e. The molecule has 0 radical (unpaired) electrons. The SMILES string of the molecule is O=C(c1ccc(F)cc1)C1CCN(CC=NC2CC=C3Cn4c(cc5ccc(C(F)(F)F)cc54)C4OC4N32)CC1. The van der Waals surface area contributed by atoms with Gasteiger partial charge in [-0.2, -0.15) is 13.2 Å². The Bertz CT molecular complexity index is 1520. The summed E-state index contributed by atoms with van der Waals surface area (Å²) in [6.07, 6.45) is 1.40. The molecule has 10 heteroatoms. The van der Waals surface area contributed by atoms with Crippen LogP contribution in [0, 0.1) is 11.7 Å². The molecule has 3 aromatic rings. The Labute approximate surface area is 228 Å². The smallest absolute Gasteiger partial charge is 0.341 e. The highest BCUT2D eigenvalue weighted by atomic mass is 19.4. The van der Waals surface area contributed by atoms with Gasteiger partial charge in [-0.25, -0.2) is 4.39 Å². The predicted octanol–water partition coefficient (Wildman–Crippen LogP) is 5.79. The van der Waals surface area contributed by atoms with Gasteiger partial charge in [0.15, 0.2) is 12.0 Å². The number of alkyl halides is 3. The molecular weight excluding hydrogens is 524 g/mol. The number of carbonyl (C=O) groups is 1. The van der Waals surface area contributed by atoms with Crippen LogP contribution >= 0.6 is 0 Å². The van der Waals surface area contributed by atoms with Gasteiger partial charge in [-0.1, -0.05) is 12.1 Å². The Morgan fingerprint density at radius 2 is 1.85 bits per heavy atom. The quantitative estimate of drug-likeness (QED) is 0.174. The third-order valence-corrected chi connectivity index (χ3v) is 8.54. The number of carbonyl (C=O) groups excluding carboxylic acids is 1. The van der Waals surface area contributed by atoms with Gasteiger partial charge in [-0.3, -0.25) is 14.7 Å². The molecule has 0 bridgehead atoms. The second-order valence-corrected chi connectivity index (χ2v) is 11.0. The van der Waals surface area contributed by atoms with Crippen LogP contribution in [0.25, 0.3) is 10.9 Å². The summed E-state index contributed by atoms with van der Waals surface area (Å²) in [5, 5.41) is 0.780. The summed E-state index contributed by atoms with van der Waals surface area (Å²) in [5.74, 6) is -0.324. The van der Waals surface area contributed by atoms with Crippen molar-refractivity contribution in [2.24, 2.45) is 10.9 Å². The normalized spacial score (nSPS) is 25.1. The molecule has 0 spiro atoms. The molecule has 3 unspecified atom stereocenters. The third-order valence-electron chi connectivity index (χ3n) is 8.54. The number of ketones is 1. The molecule has 5 heterocycles. The second-order valence-electron chi connectivity index (χ2n) is 11.0. The van der Waals surface area contributed by atoms with E-state index in [2.05, 4.69) is 15.9 Å². The van der Waals surface area contributed by atoms with E-state index in [0.29, 0.717) is 24.2 Å². The highest BCUT2D eigenvalue weighted by molar-refractivity contribution is 5.97. The highest BCUT2D eigenvalue weighted by Crippen LogP contribution is 2.50.